The lowest BCUT2D eigenvalue weighted by atomic mass is 10.2. The summed E-state index contributed by atoms with van der Waals surface area (Å²) >= 11 is 1.48. The lowest BCUT2D eigenvalue weighted by Gasteiger charge is -2.10. The van der Waals surface area contributed by atoms with E-state index in [1.165, 1.54) is 11.3 Å². The molecule has 0 aliphatic heterocycles. The highest BCUT2D eigenvalue weighted by Gasteiger charge is 2.15. The third kappa shape index (κ3) is 3.62. The maximum Gasteiger partial charge on any atom is 0.252 e. The van der Waals surface area contributed by atoms with Gasteiger partial charge in [-0.2, -0.15) is 0 Å². The highest BCUT2D eigenvalue weighted by molar-refractivity contribution is 7.13. The van der Waals surface area contributed by atoms with E-state index in [1.807, 2.05) is 23.6 Å². The second-order valence-corrected chi connectivity index (χ2v) is 6.19. The fourth-order valence-corrected chi connectivity index (χ4v) is 3.33. The Bertz CT molecular complexity index is 923. The highest BCUT2D eigenvalue weighted by Crippen LogP contribution is 2.39. The quantitative estimate of drug-likeness (QED) is 0.688. The van der Waals surface area contributed by atoms with Crippen LogP contribution in [-0.4, -0.2) is 25.1 Å². The second-order valence-electron chi connectivity index (χ2n) is 5.33. The Morgan fingerprint density at radius 3 is 2.58 bits per heavy atom. The van der Waals surface area contributed by atoms with Gasteiger partial charge in [0.25, 0.3) is 5.91 Å². The van der Waals surface area contributed by atoms with E-state index >= 15 is 0 Å². The van der Waals surface area contributed by atoms with Crippen LogP contribution < -0.4 is 19.9 Å². The zero-order chi connectivity index (χ0) is 18.5. The number of carbonyl (C=O) groups excluding carboxylic acids is 1. The summed E-state index contributed by atoms with van der Waals surface area (Å²) in [6, 6.07) is 12.5. The molecule has 1 amide bonds. The van der Waals surface area contributed by atoms with Crippen molar-refractivity contribution in [1.29, 1.82) is 0 Å². The number of ether oxygens (including phenoxy) is 3. The predicted octanol–water partition coefficient (Wildman–Crippen LogP) is 3.51. The Hall–Kier alpha value is -3.06. The standard InChI is InChI=1S/C19H18N2O4S/c1-23-16-9-5-7-14(17(16)24-2)19-21-12(11-26-19)10-25-15-8-4-3-6-13(15)18(20)22/h3-9,11H,10H2,1-2H3,(H2,20,22). The molecule has 0 spiro atoms. The molecule has 0 saturated carbocycles. The predicted molar refractivity (Wildman–Crippen MR) is 99.9 cm³/mol. The van der Waals surface area contributed by atoms with Gasteiger partial charge in [-0.15, -0.1) is 11.3 Å². The molecule has 2 N–H and O–H groups in total. The Kier molecular flexibility index (Phi) is 5.38. The van der Waals surface area contributed by atoms with Gasteiger partial charge < -0.3 is 19.9 Å². The summed E-state index contributed by atoms with van der Waals surface area (Å²) < 4.78 is 16.5. The van der Waals surface area contributed by atoms with E-state index in [0.717, 1.165) is 16.3 Å². The number of primary amides is 1. The van der Waals surface area contributed by atoms with Crippen LogP contribution in [0.3, 0.4) is 0 Å². The number of nitrogens with zero attached hydrogens (tertiary/aromatic N) is 1. The zero-order valence-corrected chi connectivity index (χ0v) is 15.2. The van der Waals surface area contributed by atoms with E-state index < -0.39 is 5.91 Å². The van der Waals surface area contributed by atoms with Crippen molar-refractivity contribution in [3.8, 4) is 27.8 Å². The number of aromatic nitrogens is 1. The molecule has 0 aliphatic carbocycles. The van der Waals surface area contributed by atoms with Crippen molar-refractivity contribution in [2.24, 2.45) is 5.73 Å². The van der Waals surface area contributed by atoms with Crippen LogP contribution in [0.25, 0.3) is 10.6 Å². The largest absolute Gasteiger partial charge is 0.493 e. The molecule has 0 atom stereocenters. The molecule has 2 aromatic carbocycles. The lowest BCUT2D eigenvalue weighted by Crippen LogP contribution is -2.12. The van der Waals surface area contributed by atoms with Crippen molar-refractivity contribution in [3.63, 3.8) is 0 Å². The minimum atomic E-state index is -0.527. The molecule has 0 radical (unpaired) electrons. The van der Waals surface area contributed by atoms with E-state index in [0.29, 0.717) is 22.8 Å². The fourth-order valence-electron chi connectivity index (χ4n) is 2.50. The molecule has 0 aliphatic rings. The molecular formula is C19H18N2O4S. The number of carbonyl (C=O) groups is 1. The van der Waals surface area contributed by atoms with Gasteiger partial charge in [0.2, 0.25) is 0 Å². The molecule has 26 heavy (non-hydrogen) atoms. The summed E-state index contributed by atoms with van der Waals surface area (Å²) in [6.45, 7) is 0.229. The first-order chi connectivity index (χ1) is 12.6. The average Bonchev–Trinajstić information content (AvgIpc) is 3.14. The summed E-state index contributed by atoms with van der Waals surface area (Å²) in [5.41, 5.74) is 7.30. The van der Waals surface area contributed by atoms with Crippen LogP contribution in [-0.2, 0) is 6.61 Å². The van der Waals surface area contributed by atoms with E-state index in [4.69, 9.17) is 19.9 Å². The molecule has 1 aromatic heterocycles. The number of hydrogen-bond donors (Lipinski definition) is 1. The number of benzene rings is 2. The van der Waals surface area contributed by atoms with Crippen LogP contribution in [0.5, 0.6) is 17.2 Å². The molecule has 0 fully saturated rings. The van der Waals surface area contributed by atoms with Crippen molar-refractivity contribution in [2.45, 2.75) is 6.61 Å². The van der Waals surface area contributed by atoms with Gasteiger partial charge in [-0.3, -0.25) is 4.79 Å². The maximum atomic E-state index is 11.5. The monoisotopic (exact) mass is 370 g/mol. The molecule has 3 rings (SSSR count). The first-order valence-electron chi connectivity index (χ1n) is 7.81. The first-order valence-corrected chi connectivity index (χ1v) is 8.69. The number of hydrogen-bond acceptors (Lipinski definition) is 6. The summed E-state index contributed by atoms with van der Waals surface area (Å²) in [5.74, 6) is 1.19. The van der Waals surface area contributed by atoms with Crippen molar-refractivity contribution >= 4 is 17.2 Å². The molecule has 0 unspecified atom stereocenters. The van der Waals surface area contributed by atoms with Crippen LogP contribution >= 0.6 is 11.3 Å². The zero-order valence-electron chi connectivity index (χ0n) is 14.4. The van der Waals surface area contributed by atoms with Gasteiger partial charge in [0.15, 0.2) is 11.5 Å². The fraction of sp³-hybridized carbons (Fsp3) is 0.158. The molecule has 1 heterocycles. The molecule has 7 heteroatoms. The summed E-state index contributed by atoms with van der Waals surface area (Å²) in [6.07, 6.45) is 0. The van der Waals surface area contributed by atoms with E-state index in [1.54, 1.807) is 38.5 Å². The minimum Gasteiger partial charge on any atom is -0.493 e. The van der Waals surface area contributed by atoms with Crippen molar-refractivity contribution in [2.75, 3.05) is 14.2 Å². The number of amides is 1. The molecule has 0 bridgehead atoms. The molecule has 0 saturated heterocycles. The molecule has 6 nitrogen and oxygen atoms in total. The van der Waals surface area contributed by atoms with Crippen molar-refractivity contribution in [3.05, 3.63) is 59.1 Å². The van der Waals surface area contributed by atoms with Crippen LogP contribution in [0, 0.1) is 0 Å². The minimum absolute atomic E-state index is 0.229. The first kappa shape index (κ1) is 17.8. The van der Waals surface area contributed by atoms with Crippen LogP contribution in [0.1, 0.15) is 16.1 Å². The van der Waals surface area contributed by atoms with Gasteiger partial charge in [-0.05, 0) is 24.3 Å². The van der Waals surface area contributed by atoms with E-state index in [2.05, 4.69) is 4.98 Å². The summed E-state index contributed by atoms with van der Waals surface area (Å²) in [7, 11) is 3.19. The van der Waals surface area contributed by atoms with Crippen molar-refractivity contribution < 1.29 is 19.0 Å². The lowest BCUT2D eigenvalue weighted by molar-refractivity contribution is 0.0996. The Morgan fingerprint density at radius 2 is 1.85 bits per heavy atom. The molecular weight excluding hydrogens is 352 g/mol. The Morgan fingerprint density at radius 1 is 1.08 bits per heavy atom. The number of thiazole rings is 1. The number of para-hydroxylation sites is 2. The van der Waals surface area contributed by atoms with Gasteiger partial charge in [-0.25, -0.2) is 4.98 Å². The second kappa shape index (κ2) is 7.88. The van der Waals surface area contributed by atoms with Gasteiger partial charge >= 0.3 is 0 Å². The third-order valence-corrected chi connectivity index (χ3v) is 4.64. The van der Waals surface area contributed by atoms with Crippen LogP contribution in [0.4, 0.5) is 0 Å². The summed E-state index contributed by atoms with van der Waals surface area (Å²) in [4.78, 5) is 16.1. The van der Waals surface area contributed by atoms with E-state index in [-0.39, 0.29) is 6.61 Å². The smallest absolute Gasteiger partial charge is 0.252 e. The van der Waals surface area contributed by atoms with Gasteiger partial charge in [0.05, 0.1) is 31.0 Å². The van der Waals surface area contributed by atoms with Gasteiger partial charge in [0, 0.05) is 5.38 Å². The summed E-state index contributed by atoms with van der Waals surface area (Å²) in [5, 5.41) is 2.70. The number of rotatable bonds is 7. The molecule has 134 valence electrons. The third-order valence-electron chi connectivity index (χ3n) is 3.71. The normalized spacial score (nSPS) is 10.4. The maximum absolute atomic E-state index is 11.5. The van der Waals surface area contributed by atoms with Crippen LogP contribution in [0.15, 0.2) is 47.8 Å². The van der Waals surface area contributed by atoms with Gasteiger partial charge in [-0.1, -0.05) is 18.2 Å². The topological polar surface area (TPSA) is 83.7 Å². The SMILES string of the molecule is COc1cccc(-c2nc(COc3ccccc3C(N)=O)cs2)c1OC. The molecule has 3 aromatic rings. The van der Waals surface area contributed by atoms with Crippen molar-refractivity contribution in [1.82, 2.24) is 4.98 Å². The average molecular weight is 370 g/mol. The Labute approximate surface area is 155 Å². The Balaban J connectivity index is 1.81. The van der Waals surface area contributed by atoms with Crippen LogP contribution in [0.2, 0.25) is 0 Å². The van der Waals surface area contributed by atoms with Gasteiger partial charge in [0.1, 0.15) is 17.4 Å². The highest BCUT2D eigenvalue weighted by atomic mass is 32.1. The number of methoxy groups -OCH3 is 2. The number of nitrogens with two attached hydrogens (primary N) is 1. The van der Waals surface area contributed by atoms with E-state index in [9.17, 15) is 4.79 Å².